The summed E-state index contributed by atoms with van der Waals surface area (Å²) in [5, 5.41) is 9.94. The predicted octanol–water partition coefficient (Wildman–Crippen LogP) is 2.04. The average molecular weight is 235 g/mol. The molecule has 1 aromatic carbocycles. The van der Waals surface area contributed by atoms with Crippen LogP contribution in [-0.2, 0) is 6.54 Å². The van der Waals surface area contributed by atoms with Crippen LogP contribution in [0.5, 0.6) is 5.75 Å². The molecule has 17 heavy (non-hydrogen) atoms. The van der Waals surface area contributed by atoms with E-state index in [-0.39, 0.29) is 0 Å². The van der Waals surface area contributed by atoms with Crippen molar-refractivity contribution >= 4 is 0 Å². The second-order valence-electron chi connectivity index (χ2n) is 5.00. The van der Waals surface area contributed by atoms with E-state index in [2.05, 4.69) is 11.0 Å². The minimum Gasteiger partial charge on any atom is -0.494 e. The number of ether oxygens (including phenoxy) is 1. The van der Waals surface area contributed by atoms with Gasteiger partial charge in [-0.3, -0.25) is 4.90 Å². The van der Waals surface area contributed by atoms with Crippen LogP contribution >= 0.6 is 0 Å². The predicted molar refractivity (Wildman–Crippen MR) is 68.1 cm³/mol. The number of para-hydroxylation sites is 1. The van der Waals surface area contributed by atoms with E-state index in [1.165, 1.54) is 5.56 Å². The molecule has 0 radical (unpaired) electrons. The van der Waals surface area contributed by atoms with Crippen molar-refractivity contribution in [1.82, 2.24) is 4.90 Å². The Bertz CT molecular complexity index is 376. The van der Waals surface area contributed by atoms with Crippen molar-refractivity contribution < 1.29 is 9.84 Å². The van der Waals surface area contributed by atoms with E-state index in [1.807, 2.05) is 32.0 Å². The zero-order chi connectivity index (χ0) is 12.3. The molecule has 0 saturated carbocycles. The maximum atomic E-state index is 9.94. The second kappa shape index (κ2) is 5.07. The highest BCUT2D eigenvalue weighted by Crippen LogP contribution is 2.25. The number of rotatable bonds is 4. The Morgan fingerprint density at radius 1 is 1.41 bits per heavy atom. The summed E-state index contributed by atoms with van der Waals surface area (Å²) < 4.78 is 5.61. The summed E-state index contributed by atoms with van der Waals surface area (Å²) in [6.45, 7) is 7.14. The van der Waals surface area contributed by atoms with Crippen molar-refractivity contribution in [2.45, 2.75) is 32.4 Å². The van der Waals surface area contributed by atoms with Crippen molar-refractivity contribution in [2.75, 3.05) is 19.7 Å². The molecule has 0 bridgehead atoms. The fourth-order valence-corrected chi connectivity index (χ4v) is 2.35. The smallest absolute Gasteiger partial charge is 0.123 e. The van der Waals surface area contributed by atoms with Crippen LogP contribution in [0, 0.1) is 0 Å². The molecule has 2 rings (SSSR count). The third-order valence-corrected chi connectivity index (χ3v) is 3.20. The molecule has 1 aliphatic heterocycles. The van der Waals surface area contributed by atoms with Crippen LogP contribution in [0.4, 0.5) is 0 Å². The topological polar surface area (TPSA) is 32.7 Å². The molecule has 1 saturated heterocycles. The molecule has 0 spiro atoms. The fraction of sp³-hybridized carbons (Fsp3) is 0.571. The van der Waals surface area contributed by atoms with Crippen molar-refractivity contribution in [3.8, 4) is 5.75 Å². The summed E-state index contributed by atoms with van der Waals surface area (Å²) in [5.74, 6) is 0.960. The summed E-state index contributed by atoms with van der Waals surface area (Å²) in [5.41, 5.74) is 0.674. The fourth-order valence-electron chi connectivity index (χ4n) is 2.35. The molecule has 0 aliphatic carbocycles. The monoisotopic (exact) mass is 235 g/mol. The average Bonchev–Trinajstić information content (AvgIpc) is 2.61. The molecule has 0 aromatic heterocycles. The Morgan fingerprint density at radius 2 is 2.18 bits per heavy atom. The van der Waals surface area contributed by atoms with Crippen molar-refractivity contribution in [3.63, 3.8) is 0 Å². The number of likely N-dealkylation sites (tertiary alicyclic amines) is 1. The van der Waals surface area contributed by atoms with Crippen molar-refractivity contribution in [2.24, 2.45) is 0 Å². The first-order valence-corrected chi connectivity index (χ1v) is 6.26. The largest absolute Gasteiger partial charge is 0.494 e. The van der Waals surface area contributed by atoms with E-state index in [0.29, 0.717) is 6.61 Å². The number of hydrogen-bond acceptors (Lipinski definition) is 3. The van der Waals surface area contributed by atoms with E-state index in [0.717, 1.165) is 31.8 Å². The Morgan fingerprint density at radius 3 is 2.82 bits per heavy atom. The minimum atomic E-state index is -0.527. The summed E-state index contributed by atoms with van der Waals surface area (Å²) in [4.78, 5) is 2.28. The van der Waals surface area contributed by atoms with Crippen LogP contribution in [0.1, 0.15) is 25.8 Å². The van der Waals surface area contributed by atoms with E-state index in [1.54, 1.807) is 0 Å². The van der Waals surface area contributed by atoms with Crippen molar-refractivity contribution in [3.05, 3.63) is 29.8 Å². The molecule has 3 nitrogen and oxygen atoms in total. The standard InChI is InChI=1S/C14H21NO2/c1-3-17-13-7-5-4-6-12(13)10-15-9-8-14(2,16)11-15/h4-7,16H,3,8-11H2,1-2H3. The summed E-state index contributed by atoms with van der Waals surface area (Å²) in [6.07, 6.45) is 0.851. The lowest BCUT2D eigenvalue weighted by Gasteiger charge is -2.20. The third-order valence-electron chi connectivity index (χ3n) is 3.20. The van der Waals surface area contributed by atoms with Gasteiger partial charge in [-0.2, -0.15) is 0 Å². The van der Waals surface area contributed by atoms with Gasteiger partial charge in [0.1, 0.15) is 5.75 Å². The molecule has 1 aliphatic rings. The molecular weight excluding hydrogens is 214 g/mol. The third kappa shape index (κ3) is 3.20. The molecule has 1 unspecified atom stereocenters. The SMILES string of the molecule is CCOc1ccccc1CN1CCC(C)(O)C1. The highest BCUT2D eigenvalue weighted by atomic mass is 16.5. The molecule has 1 heterocycles. The van der Waals surface area contributed by atoms with Gasteiger partial charge in [0.2, 0.25) is 0 Å². The number of aliphatic hydroxyl groups is 1. The molecule has 1 fully saturated rings. The number of benzene rings is 1. The van der Waals surface area contributed by atoms with Crippen LogP contribution in [-0.4, -0.2) is 35.3 Å². The molecule has 94 valence electrons. The maximum Gasteiger partial charge on any atom is 0.123 e. The molecule has 3 heteroatoms. The number of β-amino-alcohol motifs (C(OH)–C–C–N with tert-alkyl or cyclic N) is 1. The van der Waals surface area contributed by atoms with Crippen LogP contribution in [0.25, 0.3) is 0 Å². The van der Waals surface area contributed by atoms with Gasteiger partial charge < -0.3 is 9.84 Å². The maximum absolute atomic E-state index is 9.94. The Hall–Kier alpha value is -1.06. The van der Waals surface area contributed by atoms with Gasteiger partial charge in [0.15, 0.2) is 0 Å². The summed E-state index contributed by atoms with van der Waals surface area (Å²) in [6, 6.07) is 8.13. The number of nitrogens with zero attached hydrogens (tertiary/aromatic N) is 1. The summed E-state index contributed by atoms with van der Waals surface area (Å²) >= 11 is 0. The quantitative estimate of drug-likeness (QED) is 0.867. The van der Waals surface area contributed by atoms with E-state index in [9.17, 15) is 5.11 Å². The lowest BCUT2D eigenvalue weighted by molar-refractivity contribution is 0.0677. The van der Waals surface area contributed by atoms with Gasteiger partial charge in [-0.1, -0.05) is 18.2 Å². The van der Waals surface area contributed by atoms with Gasteiger partial charge in [-0.05, 0) is 26.3 Å². The van der Waals surface area contributed by atoms with Gasteiger partial charge in [0.25, 0.3) is 0 Å². The van der Waals surface area contributed by atoms with Gasteiger partial charge >= 0.3 is 0 Å². The highest BCUT2D eigenvalue weighted by Gasteiger charge is 2.31. The van der Waals surface area contributed by atoms with E-state index < -0.39 is 5.60 Å². The second-order valence-corrected chi connectivity index (χ2v) is 5.00. The zero-order valence-corrected chi connectivity index (χ0v) is 10.6. The molecule has 1 aromatic rings. The normalized spacial score (nSPS) is 25.1. The molecule has 0 amide bonds. The van der Waals surface area contributed by atoms with Crippen LogP contribution < -0.4 is 4.74 Å². The van der Waals surface area contributed by atoms with Crippen molar-refractivity contribution in [1.29, 1.82) is 0 Å². The molecular formula is C14H21NO2. The molecule has 1 atom stereocenters. The van der Waals surface area contributed by atoms with Gasteiger partial charge in [-0.15, -0.1) is 0 Å². The first-order valence-electron chi connectivity index (χ1n) is 6.26. The van der Waals surface area contributed by atoms with E-state index >= 15 is 0 Å². The first kappa shape index (κ1) is 12.4. The zero-order valence-electron chi connectivity index (χ0n) is 10.6. The van der Waals surface area contributed by atoms with Crippen LogP contribution in [0.15, 0.2) is 24.3 Å². The van der Waals surface area contributed by atoms with Crippen LogP contribution in [0.3, 0.4) is 0 Å². The number of hydrogen-bond donors (Lipinski definition) is 1. The molecule has 1 N–H and O–H groups in total. The lowest BCUT2D eigenvalue weighted by Crippen LogP contribution is -2.29. The highest BCUT2D eigenvalue weighted by molar-refractivity contribution is 5.33. The van der Waals surface area contributed by atoms with Gasteiger partial charge in [0.05, 0.1) is 12.2 Å². The Kier molecular flexibility index (Phi) is 3.69. The van der Waals surface area contributed by atoms with Crippen LogP contribution in [0.2, 0.25) is 0 Å². The lowest BCUT2D eigenvalue weighted by atomic mass is 10.1. The van der Waals surface area contributed by atoms with Gasteiger partial charge in [0, 0.05) is 25.2 Å². The summed E-state index contributed by atoms with van der Waals surface area (Å²) in [7, 11) is 0. The first-order chi connectivity index (χ1) is 8.11. The minimum absolute atomic E-state index is 0.527. The van der Waals surface area contributed by atoms with E-state index in [4.69, 9.17) is 4.74 Å². The van der Waals surface area contributed by atoms with Gasteiger partial charge in [-0.25, -0.2) is 0 Å². The Balaban J connectivity index is 2.03. The Labute approximate surface area is 103 Å².